The summed E-state index contributed by atoms with van der Waals surface area (Å²) in [5.74, 6) is 0.465. The van der Waals surface area contributed by atoms with Gasteiger partial charge in [0.15, 0.2) is 0 Å². The lowest BCUT2D eigenvalue weighted by molar-refractivity contribution is 0.467. The van der Waals surface area contributed by atoms with Crippen molar-refractivity contribution in [3.63, 3.8) is 0 Å². The van der Waals surface area contributed by atoms with Crippen molar-refractivity contribution in [1.82, 2.24) is 9.78 Å². The summed E-state index contributed by atoms with van der Waals surface area (Å²) >= 11 is 0. The average Bonchev–Trinajstić information content (AvgIpc) is 2.49. The van der Waals surface area contributed by atoms with Gasteiger partial charge >= 0.3 is 0 Å². The van der Waals surface area contributed by atoms with Crippen LogP contribution in [-0.4, -0.2) is 9.78 Å². The lowest BCUT2D eigenvalue weighted by Gasteiger charge is -2.16. The van der Waals surface area contributed by atoms with Crippen LogP contribution in [0.1, 0.15) is 32.5 Å². The molecule has 0 aromatic carbocycles. The first kappa shape index (κ1) is 9.26. The van der Waals surface area contributed by atoms with Gasteiger partial charge in [-0.3, -0.25) is 4.68 Å². The molecule has 0 saturated heterocycles. The Morgan fingerprint density at radius 3 is 2.75 bits per heavy atom. The Morgan fingerprint density at radius 1 is 1.58 bits per heavy atom. The SMILES string of the molecule is CCn1nccc1C(N)C(C)C. The molecule has 0 radical (unpaired) electrons. The summed E-state index contributed by atoms with van der Waals surface area (Å²) in [6.07, 6.45) is 1.81. The molecule has 0 aliphatic carbocycles. The van der Waals surface area contributed by atoms with Gasteiger partial charge in [0.2, 0.25) is 0 Å². The highest BCUT2D eigenvalue weighted by Gasteiger charge is 2.13. The first-order valence-electron chi connectivity index (χ1n) is 4.44. The van der Waals surface area contributed by atoms with E-state index < -0.39 is 0 Å². The molecule has 0 bridgehead atoms. The molecule has 1 atom stereocenters. The molecule has 3 nitrogen and oxygen atoms in total. The number of nitrogens with zero attached hydrogens (tertiary/aromatic N) is 2. The molecule has 0 aliphatic rings. The lowest BCUT2D eigenvalue weighted by Crippen LogP contribution is -2.20. The quantitative estimate of drug-likeness (QED) is 0.742. The molecule has 12 heavy (non-hydrogen) atoms. The van der Waals surface area contributed by atoms with Gasteiger partial charge < -0.3 is 5.73 Å². The first-order chi connectivity index (χ1) is 5.66. The second-order valence-electron chi connectivity index (χ2n) is 3.34. The Morgan fingerprint density at radius 2 is 2.25 bits per heavy atom. The summed E-state index contributed by atoms with van der Waals surface area (Å²) in [7, 11) is 0. The second kappa shape index (κ2) is 3.72. The highest BCUT2D eigenvalue weighted by atomic mass is 15.3. The fourth-order valence-corrected chi connectivity index (χ4v) is 1.23. The summed E-state index contributed by atoms with van der Waals surface area (Å²) in [6.45, 7) is 7.21. The molecule has 1 aromatic rings. The zero-order valence-corrected chi connectivity index (χ0v) is 7.99. The van der Waals surface area contributed by atoms with Crippen LogP contribution in [0.15, 0.2) is 12.3 Å². The van der Waals surface area contributed by atoms with Crippen molar-refractivity contribution in [3.8, 4) is 0 Å². The largest absolute Gasteiger partial charge is 0.322 e. The third-order valence-electron chi connectivity index (χ3n) is 2.11. The number of hydrogen-bond donors (Lipinski definition) is 1. The number of aryl methyl sites for hydroxylation is 1. The van der Waals surface area contributed by atoms with E-state index in [1.54, 1.807) is 6.20 Å². The maximum Gasteiger partial charge on any atom is 0.0553 e. The Hall–Kier alpha value is -0.830. The van der Waals surface area contributed by atoms with E-state index in [1.165, 1.54) is 0 Å². The predicted octanol–water partition coefficient (Wildman–Crippen LogP) is 1.56. The van der Waals surface area contributed by atoms with Gasteiger partial charge in [0, 0.05) is 18.8 Å². The highest BCUT2D eigenvalue weighted by molar-refractivity contribution is 5.06. The van der Waals surface area contributed by atoms with Crippen LogP contribution in [0.3, 0.4) is 0 Å². The van der Waals surface area contributed by atoms with Crippen molar-refractivity contribution < 1.29 is 0 Å². The monoisotopic (exact) mass is 167 g/mol. The van der Waals surface area contributed by atoms with Crippen LogP contribution in [0, 0.1) is 5.92 Å². The fraction of sp³-hybridized carbons (Fsp3) is 0.667. The van der Waals surface area contributed by atoms with Crippen LogP contribution in [0.4, 0.5) is 0 Å². The smallest absolute Gasteiger partial charge is 0.0553 e. The van der Waals surface area contributed by atoms with Crippen LogP contribution < -0.4 is 5.73 Å². The van der Waals surface area contributed by atoms with E-state index in [1.807, 2.05) is 10.7 Å². The third kappa shape index (κ3) is 1.67. The minimum atomic E-state index is 0.104. The molecule has 0 amide bonds. The Balaban J connectivity index is 2.86. The van der Waals surface area contributed by atoms with Crippen molar-refractivity contribution >= 4 is 0 Å². The van der Waals surface area contributed by atoms with Gasteiger partial charge in [-0.25, -0.2) is 0 Å². The van der Waals surface area contributed by atoms with Gasteiger partial charge in [0.1, 0.15) is 0 Å². The zero-order chi connectivity index (χ0) is 9.14. The second-order valence-corrected chi connectivity index (χ2v) is 3.34. The molecule has 1 unspecified atom stereocenters. The van der Waals surface area contributed by atoms with E-state index in [2.05, 4.69) is 25.9 Å². The van der Waals surface area contributed by atoms with Crippen molar-refractivity contribution in [3.05, 3.63) is 18.0 Å². The van der Waals surface area contributed by atoms with E-state index in [9.17, 15) is 0 Å². The highest BCUT2D eigenvalue weighted by Crippen LogP contribution is 2.17. The van der Waals surface area contributed by atoms with Crippen LogP contribution >= 0.6 is 0 Å². The third-order valence-corrected chi connectivity index (χ3v) is 2.11. The normalized spacial score (nSPS) is 13.8. The summed E-state index contributed by atoms with van der Waals surface area (Å²) in [6, 6.07) is 2.10. The molecule has 68 valence electrons. The van der Waals surface area contributed by atoms with E-state index in [0.29, 0.717) is 5.92 Å². The van der Waals surface area contributed by atoms with Gasteiger partial charge in [-0.1, -0.05) is 13.8 Å². The Labute approximate surface area is 73.6 Å². The summed E-state index contributed by atoms with van der Waals surface area (Å²) < 4.78 is 1.95. The van der Waals surface area contributed by atoms with E-state index in [4.69, 9.17) is 5.73 Å². The van der Waals surface area contributed by atoms with Gasteiger partial charge in [-0.2, -0.15) is 5.10 Å². The summed E-state index contributed by atoms with van der Waals surface area (Å²) in [5, 5.41) is 4.17. The molecule has 1 heterocycles. The Bertz CT molecular complexity index is 240. The van der Waals surface area contributed by atoms with E-state index in [-0.39, 0.29) is 6.04 Å². The van der Waals surface area contributed by atoms with Crippen LogP contribution in [0.25, 0.3) is 0 Å². The molecule has 2 N–H and O–H groups in total. The fourth-order valence-electron chi connectivity index (χ4n) is 1.23. The summed E-state index contributed by atoms with van der Waals surface area (Å²) in [4.78, 5) is 0. The molecule has 1 aromatic heterocycles. The van der Waals surface area contributed by atoms with Gasteiger partial charge in [-0.15, -0.1) is 0 Å². The van der Waals surface area contributed by atoms with Gasteiger partial charge in [0.05, 0.1) is 5.69 Å². The molecule has 0 aliphatic heterocycles. The molecule has 0 spiro atoms. The van der Waals surface area contributed by atoms with Crippen molar-refractivity contribution in [2.24, 2.45) is 11.7 Å². The number of aromatic nitrogens is 2. The van der Waals surface area contributed by atoms with Crippen LogP contribution in [-0.2, 0) is 6.54 Å². The zero-order valence-electron chi connectivity index (χ0n) is 7.99. The van der Waals surface area contributed by atoms with Crippen molar-refractivity contribution in [2.45, 2.75) is 33.4 Å². The number of hydrogen-bond acceptors (Lipinski definition) is 2. The number of rotatable bonds is 3. The van der Waals surface area contributed by atoms with Gasteiger partial charge in [0.25, 0.3) is 0 Å². The maximum absolute atomic E-state index is 6.00. The van der Waals surface area contributed by atoms with Crippen molar-refractivity contribution in [2.75, 3.05) is 0 Å². The van der Waals surface area contributed by atoms with Crippen LogP contribution in [0.5, 0.6) is 0 Å². The first-order valence-corrected chi connectivity index (χ1v) is 4.44. The molecular weight excluding hydrogens is 150 g/mol. The molecule has 3 heteroatoms. The topological polar surface area (TPSA) is 43.8 Å². The lowest BCUT2D eigenvalue weighted by atomic mass is 10.0. The van der Waals surface area contributed by atoms with Gasteiger partial charge in [-0.05, 0) is 18.9 Å². The molecular formula is C9H17N3. The van der Waals surface area contributed by atoms with Crippen molar-refractivity contribution in [1.29, 1.82) is 0 Å². The molecule has 0 fully saturated rings. The minimum Gasteiger partial charge on any atom is -0.322 e. The maximum atomic E-state index is 6.00. The van der Waals surface area contributed by atoms with Crippen LogP contribution in [0.2, 0.25) is 0 Å². The summed E-state index contributed by atoms with van der Waals surface area (Å²) in [5.41, 5.74) is 7.13. The minimum absolute atomic E-state index is 0.104. The van der Waals surface area contributed by atoms with E-state index >= 15 is 0 Å². The predicted molar refractivity (Wildman–Crippen MR) is 49.7 cm³/mol. The molecule has 0 saturated carbocycles. The standard InChI is InChI=1S/C9H17N3/c1-4-12-8(5-6-11-12)9(10)7(2)3/h5-7,9H,4,10H2,1-3H3. The van der Waals surface area contributed by atoms with E-state index in [0.717, 1.165) is 12.2 Å². The number of nitrogens with two attached hydrogens (primary N) is 1. The Kier molecular flexibility index (Phi) is 2.87. The average molecular weight is 167 g/mol. The molecule has 1 rings (SSSR count).